The van der Waals surface area contributed by atoms with Crippen molar-refractivity contribution in [3.8, 4) is 0 Å². The van der Waals surface area contributed by atoms with E-state index in [4.69, 9.17) is 9.47 Å². The van der Waals surface area contributed by atoms with E-state index in [1.165, 1.54) is 12.5 Å². The van der Waals surface area contributed by atoms with Crippen LogP contribution in [0.3, 0.4) is 0 Å². The van der Waals surface area contributed by atoms with Gasteiger partial charge in [0.05, 0.1) is 11.1 Å². The van der Waals surface area contributed by atoms with E-state index in [9.17, 15) is 19.2 Å². The molecule has 0 aliphatic carbocycles. The first-order valence-electron chi connectivity index (χ1n) is 14.3. The monoisotopic (exact) mass is 574 g/mol. The van der Waals surface area contributed by atoms with Crippen LogP contribution in [0.15, 0.2) is 72.8 Å². The summed E-state index contributed by atoms with van der Waals surface area (Å²) in [5, 5.41) is 0. The summed E-state index contributed by atoms with van der Waals surface area (Å²) >= 11 is 0. The molecule has 0 bridgehead atoms. The van der Waals surface area contributed by atoms with Crippen molar-refractivity contribution in [2.75, 3.05) is 0 Å². The van der Waals surface area contributed by atoms with Crippen LogP contribution in [0.4, 0.5) is 0 Å². The zero-order valence-corrected chi connectivity index (χ0v) is 26.7. The summed E-state index contributed by atoms with van der Waals surface area (Å²) in [5.74, 6) is 0.160. The van der Waals surface area contributed by atoms with E-state index in [1.54, 1.807) is 43.3 Å². The van der Waals surface area contributed by atoms with Gasteiger partial charge in [-0.25, -0.2) is 9.59 Å². The maximum atomic E-state index is 11.7. The van der Waals surface area contributed by atoms with E-state index in [0.29, 0.717) is 22.6 Å². The highest BCUT2D eigenvalue weighted by atomic mass is 16.5. The fourth-order valence-corrected chi connectivity index (χ4v) is 3.06. The second-order valence-corrected chi connectivity index (χ2v) is 11.1. The summed E-state index contributed by atoms with van der Waals surface area (Å²) in [6.45, 7) is 18.9. The third-order valence-corrected chi connectivity index (χ3v) is 6.74. The van der Waals surface area contributed by atoms with Gasteiger partial charge in [0.2, 0.25) is 0 Å². The molecule has 0 N–H and O–H groups in total. The Hall–Kier alpha value is -4.06. The van der Waals surface area contributed by atoms with Gasteiger partial charge in [-0.15, -0.1) is 0 Å². The average Bonchev–Trinajstić information content (AvgIpc) is 2.94. The molecule has 3 aromatic carbocycles. The van der Waals surface area contributed by atoms with Crippen LogP contribution in [0.25, 0.3) is 0 Å². The fraction of sp³-hybridized carbons (Fsp3) is 0.389. The second kappa shape index (κ2) is 17.7. The standard InChI is InChI=1S/C14H18O3.C13H18O2.C9H10O/c1-9(2)11(4)17-14(16)13-7-5-12(6-8-13)10(3)15;1-9(2)11(4)15-13(14)12-7-5-10(3)6-8-12;1-7-3-5-9(6-4-7)8(2)10/h5-9,11H,1-4H3;5-9,11H,1-4H3;3-6H,1-2H3. The van der Waals surface area contributed by atoms with E-state index in [1.807, 2.05) is 91.8 Å². The molecule has 6 heteroatoms. The van der Waals surface area contributed by atoms with Crippen LogP contribution >= 0.6 is 0 Å². The number of hydrogen-bond acceptors (Lipinski definition) is 6. The number of aryl methyl sites for hydroxylation is 2. The lowest BCUT2D eigenvalue weighted by Crippen LogP contribution is -2.20. The SMILES string of the molecule is CC(=O)c1ccc(C(=O)OC(C)C(C)C)cc1.CC(=O)c1ccc(C)cc1.Cc1ccc(C(=O)OC(C)C(C)C)cc1. The molecule has 0 saturated heterocycles. The predicted molar refractivity (Wildman–Crippen MR) is 168 cm³/mol. The van der Waals surface area contributed by atoms with Crippen molar-refractivity contribution in [3.63, 3.8) is 0 Å². The summed E-state index contributed by atoms with van der Waals surface area (Å²) in [6.07, 6.45) is -0.159. The molecule has 42 heavy (non-hydrogen) atoms. The second-order valence-electron chi connectivity index (χ2n) is 11.1. The maximum absolute atomic E-state index is 11.7. The highest BCUT2D eigenvalue weighted by Crippen LogP contribution is 2.12. The van der Waals surface area contributed by atoms with Gasteiger partial charge < -0.3 is 9.47 Å². The molecule has 2 unspecified atom stereocenters. The average molecular weight is 575 g/mol. The Labute approximate surface area is 251 Å². The quantitative estimate of drug-likeness (QED) is 0.198. The van der Waals surface area contributed by atoms with E-state index >= 15 is 0 Å². The number of rotatable bonds is 8. The molecule has 0 spiro atoms. The Morgan fingerprint density at radius 1 is 0.452 bits per heavy atom. The minimum atomic E-state index is -0.346. The molecular formula is C36H46O6. The summed E-state index contributed by atoms with van der Waals surface area (Å²) in [7, 11) is 0. The molecule has 0 amide bonds. The first-order chi connectivity index (χ1) is 19.6. The zero-order valence-electron chi connectivity index (χ0n) is 26.7. The van der Waals surface area contributed by atoms with Gasteiger partial charge in [0.15, 0.2) is 11.6 Å². The van der Waals surface area contributed by atoms with E-state index in [0.717, 1.165) is 11.1 Å². The molecular weight excluding hydrogens is 528 g/mol. The van der Waals surface area contributed by atoms with Crippen LogP contribution in [0.2, 0.25) is 0 Å². The van der Waals surface area contributed by atoms with Crippen LogP contribution in [-0.4, -0.2) is 35.7 Å². The van der Waals surface area contributed by atoms with Crippen molar-refractivity contribution in [1.29, 1.82) is 0 Å². The van der Waals surface area contributed by atoms with E-state index < -0.39 is 0 Å². The van der Waals surface area contributed by atoms with Crippen LogP contribution in [-0.2, 0) is 9.47 Å². The van der Waals surface area contributed by atoms with Crippen LogP contribution in [0.5, 0.6) is 0 Å². The number of ketones is 2. The third-order valence-electron chi connectivity index (χ3n) is 6.74. The van der Waals surface area contributed by atoms with Crippen molar-refractivity contribution in [2.24, 2.45) is 11.8 Å². The zero-order chi connectivity index (χ0) is 32.0. The first kappa shape index (κ1) is 36.0. The first-order valence-corrected chi connectivity index (χ1v) is 14.3. The van der Waals surface area contributed by atoms with E-state index in [-0.39, 0.29) is 41.6 Å². The van der Waals surface area contributed by atoms with Gasteiger partial charge in [-0.2, -0.15) is 0 Å². The van der Waals surface area contributed by atoms with Gasteiger partial charge in [0.25, 0.3) is 0 Å². The summed E-state index contributed by atoms with van der Waals surface area (Å²) < 4.78 is 10.6. The molecule has 0 saturated carbocycles. The molecule has 0 fully saturated rings. The maximum Gasteiger partial charge on any atom is 0.338 e. The smallest absolute Gasteiger partial charge is 0.338 e. The van der Waals surface area contributed by atoms with Crippen LogP contribution < -0.4 is 0 Å². The fourth-order valence-electron chi connectivity index (χ4n) is 3.06. The number of esters is 2. The topological polar surface area (TPSA) is 86.7 Å². The molecule has 226 valence electrons. The molecule has 3 aromatic rings. The number of carbonyl (C=O) groups is 4. The van der Waals surface area contributed by atoms with Crippen molar-refractivity contribution < 1.29 is 28.7 Å². The summed E-state index contributed by atoms with van der Waals surface area (Å²) in [6, 6.07) is 21.5. The van der Waals surface area contributed by atoms with Crippen molar-refractivity contribution in [3.05, 3.63) is 106 Å². The van der Waals surface area contributed by atoms with Gasteiger partial charge in [-0.05, 0) is 77.6 Å². The lowest BCUT2D eigenvalue weighted by molar-refractivity contribution is 0.0229. The third kappa shape index (κ3) is 13.1. The Bertz CT molecular complexity index is 1290. The number of carbonyl (C=O) groups excluding carboxylic acids is 4. The summed E-state index contributed by atoms with van der Waals surface area (Å²) in [5.41, 5.74) is 4.80. The summed E-state index contributed by atoms with van der Waals surface area (Å²) in [4.78, 5) is 45.2. The molecule has 2 atom stereocenters. The van der Waals surface area contributed by atoms with Crippen molar-refractivity contribution in [2.45, 2.75) is 81.4 Å². The molecule has 3 rings (SSSR count). The molecule has 0 aromatic heterocycles. The van der Waals surface area contributed by atoms with E-state index in [2.05, 4.69) is 0 Å². The Morgan fingerprint density at radius 2 is 0.690 bits per heavy atom. The number of benzene rings is 3. The Kier molecular flexibility index (Phi) is 15.1. The van der Waals surface area contributed by atoms with Gasteiger partial charge in [0.1, 0.15) is 12.2 Å². The minimum Gasteiger partial charge on any atom is -0.459 e. The van der Waals surface area contributed by atoms with Crippen molar-refractivity contribution in [1.82, 2.24) is 0 Å². The Balaban J connectivity index is 0.000000325. The lowest BCUT2D eigenvalue weighted by Gasteiger charge is -2.16. The Morgan fingerprint density at radius 3 is 0.952 bits per heavy atom. The molecule has 0 heterocycles. The number of Topliss-reactive ketones (excluding diaryl/α,β-unsaturated/α-hetero) is 2. The minimum absolute atomic E-state index is 0.0135. The van der Waals surface area contributed by atoms with Crippen LogP contribution in [0, 0.1) is 25.7 Å². The predicted octanol–water partition coefficient (Wildman–Crippen LogP) is 8.48. The largest absolute Gasteiger partial charge is 0.459 e. The van der Waals surface area contributed by atoms with Gasteiger partial charge in [-0.3, -0.25) is 9.59 Å². The van der Waals surface area contributed by atoms with Gasteiger partial charge >= 0.3 is 11.9 Å². The molecule has 0 aliphatic rings. The van der Waals surface area contributed by atoms with Crippen LogP contribution in [0.1, 0.15) is 108 Å². The highest BCUT2D eigenvalue weighted by molar-refractivity contribution is 5.96. The number of ether oxygens (including phenoxy) is 2. The van der Waals surface area contributed by atoms with Gasteiger partial charge in [0, 0.05) is 11.1 Å². The number of hydrogen-bond donors (Lipinski definition) is 0. The van der Waals surface area contributed by atoms with Crippen molar-refractivity contribution >= 4 is 23.5 Å². The lowest BCUT2D eigenvalue weighted by atomic mass is 10.1. The normalized spacial score (nSPS) is 11.7. The molecule has 0 radical (unpaired) electrons. The van der Waals surface area contributed by atoms with Gasteiger partial charge in [-0.1, -0.05) is 87.4 Å². The molecule has 6 nitrogen and oxygen atoms in total. The molecule has 0 aliphatic heterocycles. The highest BCUT2D eigenvalue weighted by Gasteiger charge is 2.15.